The minimum Gasteiger partial charge on any atom is -0.396 e. The van der Waals surface area contributed by atoms with E-state index in [-0.39, 0.29) is 23.1 Å². The molecule has 19 heavy (non-hydrogen) atoms. The molecule has 0 amide bonds. The van der Waals surface area contributed by atoms with E-state index in [9.17, 15) is 15.1 Å². The molecule has 0 saturated carbocycles. The standard InChI is InChI=1S/C13H19N2O4/c16-9-10-5-12(17)8-14(6-10)7-11-3-1-2-4-13(11)15(18)19/h1-4,10,12,16-17H,5-9H2,(H,18,19)/q+1. The van der Waals surface area contributed by atoms with Crippen molar-refractivity contribution in [2.75, 3.05) is 19.7 Å². The molecule has 0 spiro atoms. The number of benzene rings is 1. The highest BCUT2D eigenvalue weighted by molar-refractivity contribution is 5.39. The van der Waals surface area contributed by atoms with E-state index in [0.717, 1.165) is 0 Å². The van der Waals surface area contributed by atoms with Crippen LogP contribution in [0.2, 0.25) is 0 Å². The summed E-state index contributed by atoms with van der Waals surface area (Å²) in [6, 6.07) is 6.80. The molecular formula is C13H19N2O4+. The summed E-state index contributed by atoms with van der Waals surface area (Å²) >= 11 is 0. The van der Waals surface area contributed by atoms with Crippen molar-refractivity contribution >= 4 is 5.69 Å². The van der Waals surface area contributed by atoms with E-state index < -0.39 is 6.10 Å². The van der Waals surface area contributed by atoms with E-state index >= 15 is 0 Å². The van der Waals surface area contributed by atoms with Gasteiger partial charge in [0.1, 0.15) is 0 Å². The first-order valence-corrected chi connectivity index (χ1v) is 6.35. The van der Waals surface area contributed by atoms with Crippen molar-refractivity contribution in [2.45, 2.75) is 19.1 Å². The number of rotatable bonds is 4. The number of para-hydroxylation sites is 1. The molecule has 1 saturated heterocycles. The third-order valence-electron chi connectivity index (χ3n) is 3.44. The van der Waals surface area contributed by atoms with Crippen molar-refractivity contribution in [3.63, 3.8) is 0 Å². The van der Waals surface area contributed by atoms with Gasteiger partial charge in [-0.05, 0) is 12.3 Å². The molecule has 1 heterocycles. The maximum absolute atomic E-state index is 11.1. The summed E-state index contributed by atoms with van der Waals surface area (Å²) in [6.07, 6.45) is 0.137. The number of likely N-dealkylation sites (tertiary alicyclic amines) is 1. The lowest BCUT2D eigenvalue weighted by Crippen LogP contribution is -2.43. The predicted molar refractivity (Wildman–Crippen MR) is 68.0 cm³/mol. The number of hydrogen-bond donors (Lipinski definition) is 3. The van der Waals surface area contributed by atoms with E-state index in [1.54, 1.807) is 24.3 Å². The van der Waals surface area contributed by atoms with Gasteiger partial charge in [-0.3, -0.25) is 4.90 Å². The van der Waals surface area contributed by atoms with Crippen molar-refractivity contribution in [1.82, 2.24) is 4.90 Å². The number of nitrogens with zero attached hydrogens (tertiary/aromatic N) is 2. The van der Waals surface area contributed by atoms with Crippen LogP contribution < -0.4 is 0 Å². The Hall–Kier alpha value is -1.50. The number of aliphatic hydroxyl groups is 2. The summed E-state index contributed by atoms with van der Waals surface area (Å²) in [6.45, 7) is 1.69. The fourth-order valence-corrected chi connectivity index (χ4v) is 2.60. The second-order valence-electron chi connectivity index (χ2n) is 5.03. The lowest BCUT2D eigenvalue weighted by atomic mass is 9.96. The molecule has 104 valence electrons. The summed E-state index contributed by atoms with van der Waals surface area (Å²) in [5.74, 6) is 0.0494. The van der Waals surface area contributed by atoms with Crippen molar-refractivity contribution in [3.05, 3.63) is 34.7 Å². The van der Waals surface area contributed by atoms with E-state index in [1.807, 2.05) is 4.90 Å². The average molecular weight is 267 g/mol. The van der Waals surface area contributed by atoms with Crippen LogP contribution in [-0.2, 0) is 6.54 Å². The Labute approximate surface area is 111 Å². The van der Waals surface area contributed by atoms with Gasteiger partial charge >= 0.3 is 5.69 Å². The Morgan fingerprint density at radius 2 is 2.05 bits per heavy atom. The van der Waals surface area contributed by atoms with Gasteiger partial charge in [-0.2, -0.15) is 0 Å². The van der Waals surface area contributed by atoms with Crippen molar-refractivity contribution in [3.8, 4) is 0 Å². The Kier molecular flexibility index (Phi) is 4.47. The molecule has 3 N–H and O–H groups in total. The van der Waals surface area contributed by atoms with Crippen molar-refractivity contribution < 1.29 is 20.3 Å². The zero-order valence-electron chi connectivity index (χ0n) is 10.6. The first kappa shape index (κ1) is 13.9. The SMILES string of the molecule is O=[N+](O)c1ccccc1CN1CC(O)CC(CO)C1. The zero-order valence-corrected chi connectivity index (χ0v) is 10.6. The molecule has 0 radical (unpaired) electrons. The van der Waals surface area contributed by atoms with Gasteiger partial charge in [0.2, 0.25) is 0 Å². The smallest absolute Gasteiger partial charge is 0.321 e. The van der Waals surface area contributed by atoms with Gasteiger partial charge in [0.15, 0.2) is 0 Å². The predicted octanol–water partition coefficient (Wildman–Crippen LogP) is 0.661. The van der Waals surface area contributed by atoms with Gasteiger partial charge in [0.05, 0.1) is 11.0 Å². The lowest BCUT2D eigenvalue weighted by Gasteiger charge is -2.34. The molecule has 0 aliphatic carbocycles. The van der Waals surface area contributed by atoms with Crippen LogP contribution in [0.15, 0.2) is 24.3 Å². The van der Waals surface area contributed by atoms with E-state index in [0.29, 0.717) is 31.6 Å². The molecule has 6 heteroatoms. The van der Waals surface area contributed by atoms with Crippen molar-refractivity contribution in [2.24, 2.45) is 5.92 Å². The van der Waals surface area contributed by atoms with E-state index in [2.05, 4.69) is 0 Å². The van der Waals surface area contributed by atoms with Gasteiger partial charge in [0.25, 0.3) is 4.92 Å². The summed E-state index contributed by atoms with van der Waals surface area (Å²) in [7, 11) is 0. The number of hydrogen-bond acceptors (Lipinski definition) is 4. The summed E-state index contributed by atoms with van der Waals surface area (Å²) in [4.78, 5) is 12.9. The van der Waals surface area contributed by atoms with Crippen LogP contribution in [0.5, 0.6) is 0 Å². The maximum atomic E-state index is 11.1. The van der Waals surface area contributed by atoms with Crippen LogP contribution in [0, 0.1) is 10.8 Å². The second-order valence-corrected chi connectivity index (χ2v) is 5.03. The fraction of sp³-hybridized carbons (Fsp3) is 0.538. The number of β-amino-alcohol motifs (C(OH)–C–C–N with tert-alkyl or cyclic N) is 1. The van der Waals surface area contributed by atoms with Gasteiger partial charge in [-0.1, -0.05) is 18.2 Å². The van der Waals surface area contributed by atoms with Crippen LogP contribution in [0.1, 0.15) is 12.0 Å². The summed E-state index contributed by atoms with van der Waals surface area (Å²) in [5, 5.41) is 28.0. The Balaban J connectivity index is 2.10. The molecule has 1 fully saturated rings. The van der Waals surface area contributed by atoms with E-state index in [1.165, 1.54) is 0 Å². The molecule has 1 aliphatic rings. The quantitative estimate of drug-likeness (QED) is 0.698. The van der Waals surface area contributed by atoms with Gasteiger partial charge in [-0.25, -0.2) is 5.21 Å². The highest BCUT2D eigenvalue weighted by Gasteiger charge is 2.27. The third kappa shape index (κ3) is 3.50. The average Bonchev–Trinajstić information content (AvgIpc) is 2.38. The first-order valence-electron chi connectivity index (χ1n) is 6.35. The van der Waals surface area contributed by atoms with Crippen LogP contribution in [0.25, 0.3) is 0 Å². The molecule has 2 unspecified atom stereocenters. The first-order chi connectivity index (χ1) is 9.10. The normalized spacial score (nSPS) is 24.3. The summed E-state index contributed by atoms with van der Waals surface area (Å²) in [5.41, 5.74) is 0.911. The Morgan fingerprint density at radius 3 is 2.74 bits per heavy atom. The molecule has 0 bridgehead atoms. The fourth-order valence-electron chi connectivity index (χ4n) is 2.60. The largest absolute Gasteiger partial charge is 0.396 e. The molecule has 1 aromatic carbocycles. The topological polar surface area (TPSA) is 84.0 Å². The highest BCUT2D eigenvalue weighted by atomic mass is 16.6. The molecule has 1 aromatic rings. The highest BCUT2D eigenvalue weighted by Crippen LogP contribution is 2.23. The van der Waals surface area contributed by atoms with E-state index in [4.69, 9.17) is 5.21 Å². The van der Waals surface area contributed by atoms with Crippen LogP contribution in [-0.4, -0.2) is 51.0 Å². The van der Waals surface area contributed by atoms with Crippen LogP contribution >= 0.6 is 0 Å². The van der Waals surface area contributed by atoms with Crippen molar-refractivity contribution in [1.29, 1.82) is 0 Å². The number of aliphatic hydroxyl groups excluding tert-OH is 2. The molecular weight excluding hydrogens is 248 g/mol. The number of piperidine rings is 1. The Morgan fingerprint density at radius 1 is 1.32 bits per heavy atom. The molecule has 2 rings (SSSR count). The Bertz CT molecular complexity index is 452. The minimum atomic E-state index is -0.462. The van der Waals surface area contributed by atoms with Gasteiger partial charge < -0.3 is 10.2 Å². The lowest BCUT2D eigenvalue weighted by molar-refractivity contribution is -0.730. The maximum Gasteiger partial charge on any atom is 0.321 e. The monoisotopic (exact) mass is 267 g/mol. The van der Waals surface area contributed by atoms with Gasteiger partial charge in [-0.15, -0.1) is 0 Å². The molecule has 0 aromatic heterocycles. The zero-order chi connectivity index (χ0) is 13.8. The molecule has 1 aliphatic heterocycles. The molecule has 6 nitrogen and oxygen atoms in total. The van der Waals surface area contributed by atoms with Crippen LogP contribution in [0.4, 0.5) is 5.69 Å². The summed E-state index contributed by atoms with van der Waals surface area (Å²) < 4.78 is 0. The second kappa shape index (κ2) is 6.10. The minimum absolute atomic E-state index is 0.0445. The third-order valence-corrected chi connectivity index (χ3v) is 3.44. The van der Waals surface area contributed by atoms with Crippen LogP contribution in [0.3, 0.4) is 0 Å². The molecule has 2 atom stereocenters. The van der Waals surface area contributed by atoms with Gasteiger partial charge in [0, 0.05) is 37.9 Å².